The number of carboxylic acids is 1. The fourth-order valence-electron chi connectivity index (χ4n) is 6.40. The lowest BCUT2D eigenvalue weighted by Gasteiger charge is -2.31. The average molecular weight is 763 g/mol. The second-order valence-electron chi connectivity index (χ2n) is 15.9. The van der Waals surface area contributed by atoms with Crippen LogP contribution in [0.3, 0.4) is 0 Å². The average Bonchev–Trinajstić information content (AvgIpc) is 3.12. The number of quaternary nitrogens is 1. The van der Waals surface area contributed by atoms with Gasteiger partial charge in [0, 0.05) is 19.3 Å². The van der Waals surface area contributed by atoms with E-state index in [4.69, 9.17) is 14.2 Å². The molecular weight excluding hydrogens is 679 g/mol. The van der Waals surface area contributed by atoms with Crippen molar-refractivity contribution < 1.29 is 38.2 Å². The standard InChI is InChI=1S/C46H83NO7/c1-6-8-10-12-14-16-18-19-20-21-22-23-24-25-27-28-30-32-34-36-44(48)53-41-42(40-52-39-38-43(46(50)51)47(3,4)5)54-45(49)37-35-33-31-29-26-17-15-13-11-9-7-2/h8,10,14,16,19-20,42-43H,6-7,9,11-13,15,17-18,21-41H2,1-5H3/p+1/b10-8+,16-14+,20-19+. The number of hydrogen-bond acceptors (Lipinski definition) is 6. The first kappa shape index (κ1) is 51.5. The fraction of sp³-hybridized carbons (Fsp3) is 0.804. The fourth-order valence-corrected chi connectivity index (χ4v) is 6.40. The summed E-state index contributed by atoms with van der Waals surface area (Å²) < 4.78 is 17.3. The maximum absolute atomic E-state index is 12.7. The van der Waals surface area contributed by atoms with Gasteiger partial charge in [0.05, 0.1) is 34.4 Å². The number of carboxylic acid groups (broad SMARTS) is 1. The number of allylic oxidation sites excluding steroid dienone is 6. The zero-order valence-electron chi connectivity index (χ0n) is 35.7. The van der Waals surface area contributed by atoms with E-state index in [-0.39, 0.29) is 36.2 Å². The van der Waals surface area contributed by atoms with Crippen LogP contribution in [0.15, 0.2) is 36.5 Å². The third kappa shape index (κ3) is 35.3. The molecule has 8 heteroatoms. The van der Waals surface area contributed by atoms with Gasteiger partial charge in [0.2, 0.25) is 0 Å². The summed E-state index contributed by atoms with van der Waals surface area (Å²) in [5.41, 5.74) is 0. The molecule has 0 aromatic carbocycles. The van der Waals surface area contributed by atoms with Crippen LogP contribution in [0.1, 0.15) is 187 Å². The van der Waals surface area contributed by atoms with Gasteiger partial charge >= 0.3 is 17.9 Å². The molecule has 1 N–H and O–H groups in total. The van der Waals surface area contributed by atoms with Gasteiger partial charge in [-0.2, -0.15) is 0 Å². The highest BCUT2D eigenvalue weighted by Gasteiger charge is 2.31. The van der Waals surface area contributed by atoms with Crippen molar-refractivity contribution in [3.63, 3.8) is 0 Å². The van der Waals surface area contributed by atoms with Gasteiger partial charge in [-0.15, -0.1) is 0 Å². The van der Waals surface area contributed by atoms with Crippen LogP contribution in [0.5, 0.6) is 0 Å². The largest absolute Gasteiger partial charge is 0.477 e. The van der Waals surface area contributed by atoms with E-state index in [0.29, 0.717) is 19.3 Å². The Balaban J connectivity index is 4.28. The molecule has 0 aliphatic rings. The zero-order valence-corrected chi connectivity index (χ0v) is 35.7. The second kappa shape index (κ2) is 37.5. The van der Waals surface area contributed by atoms with Crippen LogP contribution in [0.25, 0.3) is 0 Å². The molecule has 0 bridgehead atoms. The lowest BCUT2D eigenvalue weighted by atomic mass is 10.1. The van der Waals surface area contributed by atoms with E-state index < -0.39 is 18.1 Å². The zero-order chi connectivity index (χ0) is 40.0. The molecule has 0 rings (SSSR count). The molecule has 2 unspecified atom stereocenters. The molecule has 0 fully saturated rings. The first-order valence-corrected chi connectivity index (χ1v) is 22.0. The van der Waals surface area contributed by atoms with Crippen LogP contribution >= 0.6 is 0 Å². The molecular formula is C46H84NO7+. The van der Waals surface area contributed by atoms with Crippen LogP contribution in [-0.2, 0) is 28.6 Å². The van der Waals surface area contributed by atoms with E-state index in [1.165, 1.54) is 96.3 Å². The van der Waals surface area contributed by atoms with E-state index >= 15 is 0 Å². The van der Waals surface area contributed by atoms with Gasteiger partial charge in [0.15, 0.2) is 12.1 Å². The molecule has 2 atom stereocenters. The normalized spacial score (nSPS) is 13.3. The Morgan fingerprint density at radius 3 is 1.54 bits per heavy atom. The number of carbonyl (C=O) groups excluding carboxylic acids is 2. The Kier molecular flexibility index (Phi) is 35.8. The number of aliphatic carboxylic acids is 1. The number of esters is 2. The summed E-state index contributed by atoms with van der Waals surface area (Å²) in [6.45, 7) is 4.62. The van der Waals surface area contributed by atoms with Crippen molar-refractivity contribution in [2.24, 2.45) is 0 Å². The molecule has 0 aliphatic heterocycles. The molecule has 314 valence electrons. The van der Waals surface area contributed by atoms with Crippen LogP contribution in [0, 0.1) is 0 Å². The summed E-state index contributed by atoms with van der Waals surface area (Å²) in [4.78, 5) is 36.9. The number of ether oxygens (including phenoxy) is 3. The molecule has 54 heavy (non-hydrogen) atoms. The van der Waals surface area contributed by atoms with Gasteiger partial charge in [-0.3, -0.25) is 9.59 Å². The molecule has 0 saturated heterocycles. The van der Waals surface area contributed by atoms with Gasteiger partial charge in [-0.1, -0.05) is 159 Å². The summed E-state index contributed by atoms with van der Waals surface area (Å²) in [6, 6.07) is -0.612. The minimum atomic E-state index is -0.875. The highest BCUT2D eigenvalue weighted by molar-refractivity contribution is 5.72. The maximum Gasteiger partial charge on any atom is 0.362 e. The number of likely N-dealkylation sites (N-methyl/N-ethyl adjacent to an activating group) is 1. The summed E-state index contributed by atoms with van der Waals surface area (Å²) >= 11 is 0. The molecule has 0 aliphatic carbocycles. The van der Waals surface area contributed by atoms with Crippen molar-refractivity contribution in [3.05, 3.63) is 36.5 Å². The first-order valence-electron chi connectivity index (χ1n) is 22.0. The topological polar surface area (TPSA) is 99.1 Å². The maximum atomic E-state index is 12.7. The minimum absolute atomic E-state index is 0.0513. The predicted octanol–water partition coefficient (Wildman–Crippen LogP) is 11.9. The van der Waals surface area contributed by atoms with Gasteiger partial charge < -0.3 is 23.8 Å². The highest BCUT2D eigenvalue weighted by atomic mass is 16.6. The number of carbonyl (C=O) groups is 3. The van der Waals surface area contributed by atoms with Crippen molar-refractivity contribution in [2.75, 3.05) is 41.0 Å². The molecule has 0 heterocycles. The second-order valence-corrected chi connectivity index (χ2v) is 15.9. The number of rotatable bonds is 39. The van der Waals surface area contributed by atoms with Crippen molar-refractivity contribution in [1.29, 1.82) is 0 Å². The van der Waals surface area contributed by atoms with Crippen LogP contribution in [0.4, 0.5) is 0 Å². The lowest BCUT2D eigenvalue weighted by Crippen LogP contribution is -2.50. The Hall–Kier alpha value is -2.45. The number of unbranched alkanes of at least 4 members (excludes halogenated alkanes) is 19. The van der Waals surface area contributed by atoms with Crippen LogP contribution < -0.4 is 0 Å². The predicted molar refractivity (Wildman–Crippen MR) is 225 cm³/mol. The summed E-state index contributed by atoms with van der Waals surface area (Å²) in [5.74, 6) is -1.47. The van der Waals surface area contributed by atoms with Crippen LogP contribution in [-0.4, -0.2) is 80.6 Å². The molecule has 0 saturated carbocycles. The van der Waals surface area contributed by atoms with E-state index in [9.17, 15) is 19.5 Å². The molecule has 0 aromatic rings. The molecule has 0 radical (unpaired) electrons. The molecule has 8 nitrogen and oxygen atoms in total. The van der Waals surface area contributed by atoms with E-state index in [0.717, 1.165) is 57.8 Å². The molecule has 0 spiro atoms. The Morgan fingerprint density at radius 2 is 1.04 bits per heavy atom. The van der Waals surface area contributed by atoms with Gasteiger partial charge in [-0.05, 0) is 44.9 Å². The monoisotopic (exact) mass is 763 g/mol. The highest BCUT2D eigenvalue weighted by Crippen LogP contribution is 2.15. The smallest absolute Gasteiger partial charge is 0.362 e. The summed E-state index contributed by atoms with van der Waals surface area (Å²) in [7, 11) is 5.52. The summed E-state index contributed by atoms with van der Waals surface area (Å²) in [6.07, 6.45) is 41.8. The molecule has 0 aromatic heterocycles. The Labute approximate surface area is 332 Å². The first-order chi connectivity index (χ1) is 26.1. The Bertz CT molecular complexity index is 984. The van der Waals surface area contributed by atoms with Crippen molar-refractivity contribution in [3.8, 4) is 0 Å². The third-order valence-electron chi connectivity index (χ3n) is 9.80. The van der Waals surface area contributed by atoms with Gasteiger partial charge in [0.25, 0.3) is 0 Å². The third-order valence-corrected chi connectivity index (χ3v) is 9.80. The van der Waals surface area contributed by atoms with Crippen molar-refractivity contribution >= 4 is 17.9 Å². The summed E-state index contributed by atoms with van der Waals surface area (Å²) in [5, 5.41) is 9.61. The van der Waals surface area contributed by atoms with Gasteiger partial charge in [0.1, 0.15) is 6.61 Å². The number of hydrogen-bond donors (Lipinski definition) is 1. The van der Waals surface area contributed by atoms with E-state index in [2.05, 4.69) is 50.3 Å². The molecule has 0 amide bonds. The van der Waals surface area contributed by atoms with E-state index in [1.807, 2.05) is 21.1 Å². The minimum Gasteiger partial charge on any atom is -0.477 e. The SMILES string of the molecule is CC/C=C/C/C=C/C/C=C/CCCCCCCCCCCC(=O)OCC(COCCC(C(=O)O)[N+](C)(C)C)OC(=O)CCCCCCCCCCCCC. The Morgan fingerprint density at radius 1 is 0.574 bits per heavy atom. The lowest BCUT2D eigenvalue weighted by molar-refractivity contribution is -0.887. The van der Waals surface area contributed by atoms with Crippen LogP contribution in [0.2, 0.25) is 0 Å². The quantitative estimate of drug-likeness (QED) is 0.0288. The van der Waals surface area contributed by atoms with Crippen molar-refractivity contribution in [2.45, 2.75) is 199 Å². The number of nitrogens with zero attached hydrogens (tertiary/aromatic N) is 1. The van der Waals surface area contributed by atoms with Gasteiger partial charge in [-0.25, -0.2) is 4.79 Å². The van der Waals surface area contributed by atoms with E-state index in [1.54, 1.807) is 0 Å². The van der Waals surface area contributed by atoms with Crippen molar-refractivity contribution in [1.82, 2.24) is 0 Å².